The molecule has 32 heavy (non-hydrogen) atoms. The average Bonchev–Trinajstić information content (AvgIpc) is 2.67. The van der Waals surface area contributed by atoms with E-state index in [4.69, 9.17) is 14.2 Å². The van der Waals surface area contributed by atoms with E-state index in [1.807, 2.05) is 0 Å². The van der Waals surface area contributed by atoms with Gasteiger partial charge in [0, 0.05) is 12.1 Å². The molecule has 2 aromatic rings. The molecule has 0 heterocycles. The van der Waals surface area contributed by atoms with Crippen molar-refractivity contribution in [3.8, 4) is 17.2 Å². The number of nitrogens with zero attached hydrogens (tertiary/aromatic N) is 2. The lowest BCUT2D eigenvalue weighted by molar-refractivity contribution is -0.385. The maximum Gasteiger partial charge on any atom is 0.408 e. The summed E-state index contributed by atoms with van der Waals surface area (Å²) in [4.78, 5) is 45.3. The van der Waals surface area contributed by atoms with Gasteiger partial charge < -0.3 is 19.5 Å². The van der Waals surface area contributed by atoms with E-state index in [1.165, 1.54) is 37.3 Å². The first-order valence-electron chi connectivity index (χ1n) is 9.28. The van der Waals surface area contributed by atoms with E-state index < -0.39 is 45.0 Å². The van der Waals surface area contributed by atoms with Crippen molar-refractivity contribution in [2.75, 3.05) is 0 Å². The lowest BCUT2D eigenvalue weighted by atomic mass is 10.2. The second kappa shape index (κ2) is 9.73. The number of hydrogen-bond donors (Lipinski definition) is 1. The van der Waals surface area contributed by atoms with Crippen LogP contribution in [0.25, 0.3) is 0 Å². The van der Waals surface area contributed by atoms with Crippen LogP contribution < -0.4 is 14.8 Å². The van der Waals surface area contributed by atoms with Crippen LogP contribution in [-0.4, -0.2) is 33.6 Å². The van der Waals surface area contributed by atoms with Gasteiger partial charge in [0.2, 0.25) is 0 Å². The maximum atomic E-state index is 12.5. The van der Waals surface area contributed by atoms with Crippen LogP contribution in [0.2, 0.25) is 0 Å². The molecule has 0 saturated heterocycles. The van der Waals surface area contributed by atoms with Crippen molar-refractivity contribution in [2.45, 2.75) is 39.3 Å². The quantitative estimate of drug-likeness (QED) is 0.285. The molecule has 0 fully saturated rings. The van der Waals surface area contributed by atoms with Crippen molar-refractivity contribution in [3.63, 3.8) is 0 Å². The van der Waals surface area contributed by atoms with E-state index in [1.54, 1.807) is 20.8 Å². The van der Waals surface area contributed by atoms with E-state index in [2.05, 4.69) is 5.32 Å². The van der Waals surface area contributed by atoms with Gasteiger partial charge in [-0.25, -0.2) is 9.59 Å². The molecule has 170 valence electrons. The van der Waals surface area contributed by atoms with Crippen LogP contribution in [0.1, 0.15) is 27.7 Å². The predicted octanol–water partition coefficient (Wildman–Crippen LogP) is 4.11. The Kier molecular flexibility index (Phi) is 7.31. The molecular weight excluding hydrogens is 426 g/mol. The Hall–Kier alpha value is -4.22. The molecule has 0 bridgehead atoms. The average molecular weight is 447 g/mol. The van der Waals surface area contributed by atoms with Gasteiger partial charge in [-0.05, 0) is 39.8 Å². The van der Waals surface area contributed by atoms with Crippen LogP contribution in [0.4, 0.5) is 16.2 Å². The summed E-state index contributed by atoms with van der Waals surface area (Å²) in [5.74, 6) is -1.77. The van der Waals surface area contributed by atoms with Crippen LogP contribution >= 0.6 is 0 Å². The Morgan fingerprint density at radius 2 is 1.69 bits per heavy atom. The highest BCUT2D eigenvalue weighted by molar-refractivity contribution is 5.84. The van der Waals surface area contributed by atoms with Crippen molar-refractivity contribution >= 4 is 23.4 Å². The zero-order valence-electron chi connectivity index (χ0n) is 17.7. The highest BCUT2D eigenvalue weighted by Gasteiger charge is 2.28. The maximum absolute atomic E-state index is 12.5. The highest BCUT2D eigenvalue weighted by Crippen LogP contribution is 2.40. The predicted molar refractivity (Wildman–Crippen MR) is 111 cm³/mol. The van der Waals surface area contributed by atoms with Crippen LogP contribution in [0.15, 0.2) is 42.5 Å². The number of amides is 1. The van der Waals surface area contributed by atoms with Crippen LogP contribution in [0.5, 0.6) is 17.2 Å². The second-order valence-corrected chi connectivity index (χ2v) is 7.51. The molecule has 0 aliphatic carbocycles. The minimum atomic E-state index is -1.21. The Balaban J connectivity index is 2.29. The molecule has 0 aliphatic rings. The number of nitro groups is 2. The standard InChI is InChI=1S/C20H21N3O9/c1-12(21-19(25)32-20(2,3)4)18(24)31-17-15(23(28)29)9-6-10-16(17)30-14-8-5-7-13(11-14)22(26)27/h5-12H,1-4H3,(H,21,25). The number of nitrogens with one attached hydrogen (secondary N) is 1. The Bertz CT molecular complexity index is 1050. The summed E-state index contributed by atoms with van der Waals surface area (Å²) < 4.78 is 15.7. The Morgan fingerprint density at radius 1 is 1.03 bits per heavy atom. The molecule has 2 rings (SSSR count). The summed E-state index contributed by atoms with van der Waals surface area (Å²) >= 11 is 0. The summed E-state index contributed by atoms with van der Waals surface area (Å²) in [6.45, 7) is 6.23. The monoisotopic (exact) mass is 447 g/mol. The van der Waals surface area contributed by atoms with Crippen LogP contribution in [0.3, 0.4) is 0 Å². The lowest BCUT2D eigenvalue weighted by Gasteiger charge is -2.21. The third kappa shape index (κ3) is 6.65. The van der Waals surface area contributed by atoms with Gasteiger partial charge in [0.25, 0.3) is 11.4 Å². The van der Waals surface area contributed by atoms with Crippen LogP contribution in [0, 0.1) is 20.2 Å². The molecule has 1 atom stereocenters. The third-order valence-corrected chi connectivity index (χ3v) is 3.70. The number of hydrogen-bond acceptors (Lipinski definition) is 9. The van der Waals surface area contributed by atoms with Gasteiger partial charge in [-0.15, -0.1) is 0 Å². The van der Waals surface area contributed by atoms with Crippen LogP contribution in [-0.2, 0) is 9.53 Å². The van der Waals surface area contributed by atoms with E-state index >= 15 is 0 Å². The number of rotatable bonds is 7. The Morgan fingerprint density at radius 3 is 2.28 bits per heavy atom. The number of ether oxygens (including phenoxy) is 3. The van der Waals surface area contributed by atoms with Gasteiger partial charge in [0.1, 0.15) is 17.4 Å². The number of para-hydroxylation sites is 1. The fraction of sp³-hybridized carbons (Fsp3) is 0.300. The number of benzene rings is 2. The largest absolute Gasteiger partial charge is 0.453 e. The summed E-state index contributed by atoms with van der Waals surface area (Å²) in [5, 5.41) is 24.7. The molecular formula is C20H21N3O9. The molecule has 0 saturated carbocycles. The number of carbonyl (C=O) groups is 2. The topological polar surface area (TPSA) is 160 Å². The van der Waals surface area contributed by atoms with Gasteiger partial charge in [-0.1, -0.05) is 12.1 Å². The molecule has 2 aromatic carbocycles. The van der Waals surface area contributed by atoms with Crippen molar-refractivity contribution < 1.29 is 33.6 Å². The summed E-state index contributed by atoms with van der Waals surface area (Å²) in [6, 6.07) is 7.57. The molecule has 0 spiro atoms. The first kappa shape index (κ1) is 24.1. The van der Waals surface area contributed by atoms with E-state index in [0.29, 0.717) is 0 Å². The normalized spacial score (nSPS) is 11.8. The van der Waals surface area contributed by atoms with E-state index in [9.17, 15) is 29.8 Å². The minimum Gasteiger partial charge on any atom is -0.453 e. The molecule has 12 heteroatoms. The Labute approximate surface area is 182 Å². The number of alkyl carbamates (subject to hydrolysis) is 1. The molecule has 1 N–H and O–H groups in total. The molecule has 1 unspecified atom stereocenters. The third-order valence-electron chi connectivity index (χ3n) is 3.70. The number of esters is 1. The molecule has 1 amide bonds. The van der Waals surface area contributed by atoms with E-state index in [0.717, 1.165) is 12.1 Å². The molecule has 12 nitrogen and oxygen atoms in total. The summed E-state index contributed by atoms with van der Waals surface area (Å²) in [6.07, 6.45) is -0.877. The fourth-order valence-corrected chi connectivity index (χ4v) is 2.35. The second-order valence-electron chi connectivity index (χ2n) is 7.51. The van der Waals surface area contributed by atoms with E-state index in [-0.39, 0.29) is 17.2 Å². The number of nitro benzene ring substituents is 2. The number of non-ortho nitro benzene ring substituents is 1. The zero-order chi connectivity index (χ0) is 24.1. The molecule has 0 aliphatic heterocycles. The first-order valence-corrected chi connectivity index (χ1v) is 9.28. The van der Waals surface area contributed by atoms with Gasteiger partial charge in [-0.2, -0.15) is 0 Å². The summed E-state index contributed by atoms with van der Waals surface area (Å²) in [5.41, 5.74) is -1.64. The van der Waals surface area contributed by atoms with Gasteiger partial charge in [0.05, 0.1) is 15.9 Å². The lowest BCUT2D eigenvalue weighted by Crippen LogP contribution is -2.43. The van der Waals surface area contributed by atoms with Crippen molar-refractivity contribution in [3.05, 3.63) is 62.7 Å². The SMILES string of the molecule is CC(NC(=O)OC(C)(C)C)C(=O)Oc1c(Oc2cccc([N+](=O)[O-])c2)cccc1[N+](=O)[O-]. The van der Waals surface area contributed by atoms with Crippen molar-refractivity contribution in [2.24, 2.45) is 0 Å². The van der Waals surface area contributed by atoms with Gasteiger partial charge in [0.15, 0.2) is 5.75 Å². The molecule has 0 radical (unpaired) electrons. The smallest absolute Gasteiger partial charge is 0.408 e. The van der Waals surface area contributed by atoms with Gasteiger partial charge in [-0.3, -0.25) is 20.2 Å². The van der Waals surface area contributed by atoms with Crippen molar-refractivity contribution in [1.82, 2.24) is 5.32 Å². The minimum absolute atomic E-state index is 0.00285. The van der Waals surface area contributed by atoms with Gasteiger partial charge >= 0.3 is 17.7 Å². The summed E-state index contributed by atoms with van der Waals surface area (Å²) in [7, 11) is 0. The first-order chi connectivity index (χ1) is 14.9. The highest BCUT2D eigenvalue weighted by atomic mass is 16.6. The molecule has 0 aromatic heterocycles. The number of carbonyl (C=O) groups excluding carboxylic acids is 2. The zero-order valence-corrected chi connectivity index (χ0v) is 17.7. The fourth-order valence-electron chi connectivity index (χ4n) is 2.35. The van der Waals surface area contributed by atoms with Crippen molar-refractivity contribution in [1.29, 1.82) is 0 Å².